The van der Waals surface area contributed by atoms with Gasteiger partial charge in [-0.3, -0.25) is 6.29 Å². The van der Waals surface area contributed by atoms with Crippen LogP contribution < -0.4 is 0 Å². The van der Waals surface area contributed by atoms with Crippen LogP contribution in [0.1, 0.15) is 6.92 Å². The normalized spacial score (nSPS) is 9.82. The van der Waals surface area contributed by atoms with Gasteiger partial charge in [0.2, 0.25) is 0 Å². The number of rotatable bonds is 8. The monoisotopic (exact) mass is 344 g/mol. The molecule has 1 radical (unpaired) electrons. The molecule has 8 heteroatoms. The van der Waals surface area contributed by atoms with Crippen LogP contribution in [-0.4, -0.2) is 64.9 Å². The summed E-state index contributed by atoms with van der Waals surface area (Å²) in [5.74, 6) is 0.0347. The maximum Gasteiger partial charge on any atom is 0.149 e. The van der Waals surface area contributed by atoms with E-state index in [0.717, 1.165) is 0 Å². The van der Waals surface area contributed by atoms with Crippen molar-refractivity contribution in [2.75, 3.05) is 45.0 Å². The van der Waals surface area contributed by atoms with E-state index in [1.165, 1.54) is 19.5 Å². The first-order valence-electron chi connectivity index (χ1n) is 4.71. The van der Waals surface area contributed by atoms with Crippen molar-refractivity contribution in [3.05, 3.63) is 0 Å². The van der Waals surface area contributed by atoms with Crippen LogP contribution in [-0.2, 0) is 56.8 Å². The van der Waals surface area contributed by atoms with Crippen LogP contribution in [0.3, 0.4) is 0 Å². The topological polar surface area (TPSA) is 89.9 Å². The summed E-state index contributed by atoms with van der Waals surface area (Å²) >= 11 is 0. The van der Waals surface area contributed by atoms with Crippen molar-refractivity contribution in [1.29, 1.82) is 0 Å². The summed E-state index contributed by atoms with van der Waals surface area (Å²) in [5.41, 5.74) is 0. The molecule has 0 aromatic rings. The zero-order valence-electron chi connectivity index (χ0n) is 10.2. The van der Waals surface area contributed by atoms with Gasteiger partial charge < -0.3 is 19.4 Å². The number of aliphatic hydroxyl groups is 1. The van der Waals surface area contributed by atoms with Crippen LogP contribution >= 0.6 is 0 Å². The van der Waals surface area contributed by atoms with Crippen LogP contribution in [0.2, 0.25) is 0 Å². The van der Waals surface area contributed by atoms with Gasteiger partial charge in [0.1, 0.15) is 9.84 Å². The molecule has 0 aromatic heterocycles. The summed E-state index contributed by atoms with van der Waals surface area (Å²) in [6.07, 6.45) is 2.67. The van der Waals surface area contributed by atoms with Crippen molar-refractivity contribution in [2.24, 2.45) is 0 Å². The molecule has 0 saturated heterocycles. The third-order valence-corrected chi connectivity index (χ3v) is 2.11. The van der Waals surface area contributed by atoms with Crippen LogP contribution in [0.5, 0.6) is 0 Å². The second-order valence-corrected chi connectivity index (χ2v) is 5.04. The van der Waals surface area contributed by atoms with E-state index in [1.54, 1.807) is 0 Å². The second kappa shape index (κ2) is 16.6. The van der Waals surface area contributed by atoms with E-state index in [0.29, 0.717) is 13.2 Å². The Morgan fingerprint density at radius 1 is 1.12 bits per heavy atom. The molecule has 0 unspecified atom stereocenters. The molecule has 0 fully saturated rings. The molecule has 0 aliphatic heterocycles. The molecule has 0 aliphatic carbocycles. The maximum absolute atomic E-state index is 10.6. The van der Waals surface area contributed by atoms with Gasteiger partial charge in [-0.15, -0.1) is 0 Å². The average molecular weight is 344 g/mol. The molecule has 0 amide bonds. The zero-order chi connectivity index (χ0) is 12.9. The summed E-state index contributed by atoms with van der Waals surface area (Å²) in [6, 6.07) is 0. The Hall–Kier alpha value is 0.604. The van der Waals surface area contributed by atoms with Gasteiger partial charge in [-0.2, -0.15) is 6.92 Å². The first-order chi connectivity index (χ1) is 7.47. The van der Waals surface area contributed by atoms with Gasteiger partial charge in [-0.05, 0) is 0 Å². The first-order valence-corrected chi connectivity index (χ1v) is 6.77. The predicted molar refractivity (Wildman–Crippen MR) is 59.8 cm³/mol. The van der Waals surface area contributed by atoms with E-state index < -0.39 is 9.84 Å². The van der Waals surface area contributed by atoms with E-state index in [1.807, 2.05) is 0 Å². The average Bonchev–Trinajstić information content (AvgIpc) is 2.16. The van der Waals surface area contributed by atoms with Crippen LogP contribution in [0.25, 0.3) is 0 Å². The summed E-state index contributed by atoms with van der Waals surface area (Å²) < 4.78 is 31.1. The van der Waals surface area contributed by atoms with Crippen molar-refractivity contribution in [3.63, 3.8) is 0 Å². The van der Waals surface area contributed by atoms with Crippen LogP contribution in [0.15, 0.2) is 0 Å². The number of hydrogen-bond donors (Lipinski definition) is 1. The molecule has 6 nitrogen and oxygen atoms in total. The fraction of sp³-hybridized carbons (Fsp3) is 0.889. The summed E-state index contributed by atoms with van der Waals surface area (Å²) in [7, 11) is -2.93. The molecular formula is C9H19O6SY-. The summed E-state index contributed by atoms with van der Waals surface area (Å²) in [4.78, 5) is 8.68. The Morgan fingerprint density at radius 2 is 1.53 bits per heavy atom. The Balaban J connectivity index is -0.000000440. The van der Waals surface area contributed by atoms with E-state index in [4.69, 9.17) is 19.4 Å². The van der Waals surface area contributed by atoms with Crippen molar-refractivity contribution in [3.8, 4) is 0 Å². The van der Waals surface area contributed by atoms with Gasteiger partial charge in [0.05, 0.1) is 38.8 Å². The number of ether oxygens (including phenoxy) is 2. The minimum Gasteiger partial charge on any atom is -0.542 e. The molecule has 17 heavy (non-hydrogen) atoms. The van der Waals surface area contributed by atoms with Gasteiger partial charge in [0.25, 0.3) is 0 Å². The fourth-order valence-electron chi connectivity index (χ4n) is 0.597. The zero-order valence-corrected chi connectivity index (χ0v) is 13.9. The maximum atomic E-state index is 10.6. The number of sulfone groups is 1. The van der Waals surface area contributed by atoms with E-state index in [9.17, 15) is 8.42 Å². The summed E-state index contributed by atoms with van der Waals surface area (Å²) in [6.45, 7) is 2.53. The van der Waals surface area contributed by atoms with Crippen molar-refractivity contribution >= 4 is 16.1 Å². The molecule has 0 spiro atoms. The van der Waals surface area contributed by atoms with Gasteiger partial charge in [0.15, 0.2) is 0 Å². The van der Waals surface area contributed by atoms with Crippen molar-refractivity contribution in [2.45, 2.75) is 6.92 Å². The predicted octanol–water partition coefficient (Wildman–Crippen LogP) is -0.830. The van der Waals surface area contributed by atoms with E-state index >= 15 is 0 Å². The molecule has 0 aliphatic rings. The fourth-order valence-corrected chi connectivity index (χ4v) is 1.02. The Bertz CT molecular complexity index is 242. The quantitative estimate of drug-likeness (QED) is 0.457. The van der Waals surface area contributed by atoms with E-state index in [2.05, 4.69) is 0 Å². The third kappa shape index (κ3) is 31.5. The van der Waals surface area contributed by atoms with Crippen molar-refractivity contribution in [1.82, 2.24) is 0 Å². The minimum atomic E-state index is -2.93. The molecule has 101 valence electrons. The molecule has 1 N–H and O–H groups in total. The Labute approximate surface area is 128 Å². The minimum absolute atomic E-state index is 0. The Kier molecular flexibility index (Phi) is 22.2. The van der Waals surface area contributed by atoms with Gasteiger partial charge >= 0.3 is 0 Å². The van der Waals surface area contributed by atoms with E-state index in [-0.39, 0.29) is 58.3 Å². The van der Waals surface area contributed by atoms with Crippen LogP contribution in [0.4, 0.5) is 0 Å². The summed E-state index contributed by atoms with van der Waals surface area (Å²) in [5, 5.41) is 8.33. The molecule has 0 atom stereocenters. The molecule has 0 rings (SSSR count). The SMILES string of the molecule is CS(=O)(=O)CCOCCOCCO.C[C-]=O.[Y]. The van der Waals surface area contributed by atoms with Crippen molar-refractivity contribution < 1.29 is 60.5 Å². The Morgan fingerprint density at radius 3 is 1.88 bits per heavy atom. The third-order valence-electron chi connectivity index (χ3n) is 1.21. The number of carbonyl (C=O) groups excluding carboxylic acids is 1. The van der Waals surface area contributed by atoms with Gasteiger partial charge in [-0.25, -0.2) is 8.42 Å². The standard InChI is InChI=1S/C7H16O5S.C2H3O.Y/c1-13(9,10)7-6-12-5-4-11-3-2-8;1-2-3;/h8H,2-7H2,1H3;1H3;/q;-1;. The molecule has 0 bridgehead atoms. The molecule has 0 aromatic carbocycles. The van der Waals surface area contributed by atoms with Crippen LogP contribution in [0, 0.1) is 0 Å². The molecule has 0 heterocycles. The molecular weight excluding hydrogens is 325 g/mol. The smallest absolute Gasteiger partial charge is 0.149 e. The molecule has 0 saturated carbocycles. The van der Waals surface area contributed by atoms with Gasteiger partial charge in [-0.1, -0.05) is 0 Å². The first kappa shape index (κ1) is 22.8. The number of aliphatic hydroxyl groups excluding tert-OH is 1. The second-order valence-electron chi connectivity index (χ2n) is 2.78. The van der Waals surface area contributed by atoms with Gasteiger partial charge in [0, 0.05) is 39.0 Å². The largest absolute Gasteiger partial charge is 0.542 e. The number of hydrogen-bond acceptors (Lipinski definition) is 6.